The molecule has 0 unspecified atom stereocenters. The van der Waals surface area contributed by atoms with Crippen molar-refractivity contribution >= 4 is 29.1 Å². The number of hydrogen-bond donors (Lipinski definition) is 2. The standard InChI is InChI=1S/C10H17N3O2S.Ag/c1-3-13(4-2)6-5-7-8(14)11-10(16)12-9(7)15;/h7H,3-6H2,1-2H3,(H2,11,12,14,15,16);. The molecule has 1 heterocycles. The Morgan fingerprint density at radius 2 is 1.65 bits per heavy atom. The summed E-state index contributed by atoms with van der Waals surface area (Å²) < 4.78 is 0. The van der Waals surface area contributed by atoms with Crippen LogP contribution in [-0.4, -0.2) is 41.5 Å². The Bertz CT molecular complexity index is 288. The zero-order valence-corrected chi connectivity index (χ0v) is 12.2. The van der Waals surface area contributed by atoms with Gasteiger partial charge in [-0.15, -0.1) is 0 Å². The molecular weight excluding hydrogens is 334 g/mol. The fourth-order valence-electron chi connectivity index (χ4n) is 1.66. The molecule has 17 heavy (non-hydrogen) atoms. The van der Waals surface area contributed by atoms with Crippen LogP contribution in [0.4, 0.5) is 0 Å². The average molecular weight is 351 g/mol. The molecule has 101 valence electrons. The topological polar surface area (TPSA) is 61.4 Å². The molecule has 1 aliphatic heterocycles. The van der Waals surface area contributed by atoms with Crippen LogP contribution in [0.1, 0.15) is 20.3 Å². The fourth-order valence-corrected chi connectivity index (χ4v) is 1.86. The Labute approximate surface area is 122 Å². The van der Waals surface area contributed by atoms with Crippen LogP contribution in [0.3, 0.4) is 0 Å². The van der Waals surface area contributed by atoms with Gasteiger partial charge in [-0.25, -0.2) is 0 Å². The van der Waals surface area contributed by atoms with Crippen molar-refractivity contribution in [3.8, 4) is 0 Å². The summed E-state index contributed by atoms with van der Waals surface area (Å²) in [4.78, 5) is 25.2. The summed E-state index contributed by atoms with van der Waals surface area (Å²) in [6.07, 6.45) is 0.530. The van der Waals surface area contributed by atoms with Crippen molar-refractivity contribution in [1.29, 1.82) is 0 Å². The number of thiocarbonyl (C=S) groups is 1. The van der Waals surface area contributed by atoms with E-state index in [-0.39, 0.29) is 39.3 Å². The van der Waals surface area contributed by atoms with Gasteiger partial charge in [0, 0.05) is 22.4 Å². The Hall–Kier alpha value is -0.270. The fraction of sp³-hybridized carbons (Fsp3) is 0.700. The first kappa shape index (κ1) is 16.7. The summed E-state index contributed by atoms with van der Waals surface area (Å²) >= 11 is 4.72. The second kappa shape index (κ2) is 7.94. The summed E-state index contributed by atoms with van der Waals surface area (Å²) in [5, 5.41) is 5.03. The van der Waals surface area contributed by atoms with E-state index in [9.17, 15) is 9.59 Å². The van der Waals surface area contributed by atoms with Crippen molar-refractivity contribution in [3.05, 3.63) is 0 Å². The van der Waals surface area contributed by atoms with Gasteiger partial charge in [0.25, 0.3) is 0 Å². The van der Waals surface area contributed by atoms with E-state index in [4.69, 9.17) is 12.2 Å². The minimum absolute atomic E-state index is 0. The van der Waals surface area contributed by atoms with E-state index in [0.717, 1.165) is 19.6 Å². The van der Waals surface area contributed by atoms with Gasteiger partial charge in [-0.2, -0.15) is 0 Å². The molecule has 0 spiro atoms. The number of nitrogens with zero attached hydrogens (tertiary/aromatic N) is 1. The number of nitrogens with one attached hydrogen (secondary N) is 2. The molecule has 0 atom stereocenters. The third-order valence-electron chi connectivity index (χ3n) is 2.73. The van der Waals surface area contributed by atoms with Crippen molar-refractivity contribution in [2.75, 3.05) is 19.6 Å². The largest absolute Gasteiger partial charge is 0.304 e. The zero-order valence-electron chi connectivity index (χ0n) is 9.88. The van der Waals surface area contributed by atoms with Gasteiger partial charge in [0.2, 0.25) is 11.8 Å². The summed E-state index contributed by atoms with van der Waals surface area (Å²) in [7, 11) is 0. The molecular formula is C10H17AgN3O2S. The molecule has 0 saturated carbocycles. The second-order valence-electron chi connectivity index (χ2n) is 3.68. The smallest absolute Gasteiger partial charge is 0.238 e. The van der Waals surface area contributed by atoms with Crippen molar-refractivity contribution in [2.24, 2.45) is 5.92 Å². The molecule has 1 aliphatic rings. The molecule has 1 saturated heterocycles. The van der Waals surface area contributed by atoms with Gasteiger partial charge in [0.1, 0.15) is 5.92 Å². The number of carbonyl (C=O) groups excluding carboxylic acids is 2. The molecule has 0 bridgehead atoms. The summed E-state index contributed by atoms with van der Waals surface area (Å²) in [5.41, 5.74) is 0. The van der Waals surface area contributed by atoms with Gasteiger partial charge in [0.05, 0.1) is 0 Å². The van der Waals surface area contributed by atoms with E-state index in [1.807, 2.05) is 0 Å². The first-order valence-electron chi connectivity index (χ1n) is 5.46. The van der Waals surface area contributed by atoms with E-state index in [1.54, 1.807) is 0 Å². The van der Waals surface area contributed by atoms with Gasteiger partial charge in [-0.05, 0) is 38.3 Å². The number of amides is 2. The van der Waals surface area contributed by atoms with Crippen LogP contribution in [0.2, 0.25) is 0 Å². The van der Waals surface area contributed by atoms with Crippen LogP contribution < -0.4 is 10.6 Å². The molecule has 0 aromatic carbocycles. The SMILES string of the molecule is CCN(CC)CCC1C(=O)NC(=S)NC1=O.[Ag]. The molecule has 2 amide bonds. The third-order valence-corrected chi connectivity index (χ3v) is 2.94. The number of carbonyl (C=O) groups is 2. The van der Waals surface area contributed by atoms with Crippen molar-refractivity contribution in [3.63, 3.8) is 0 Å². The first-order valence-corrected chi connectivity index (χ1v) is 5.87. The molecule has 1 radical (unpaired) electrons. The Morgan fingerprint density at radius 1 is 1.18 bits per heavy atom. The average Bonchev–Trinajstić information content (AvgIpc) is 2.22. The molecule has 2 N–H and O–H groups in total. The minimum Gasteiger partial charge on any atom is -0.304 e. The molecule has 1 rings (SSSR count). The van der Waals surface area contributed by atoms with E-state index >= 15 is 0 Å². The van der Waals surface area contributed by atoms with E-state index in [0.29, 0.717) is 6.42 Å². The maximum atomic E-state index is 11.5. The maximum absolute atomic E-state index is 11.5. The predicted octanol–water partition coefficient (Wildman–Crippen LogP) is -0.137. The van der Waals surface area contributed by atoms with E-state index < -0.39 is 5.92 Å². The quantitative estimate of drug-likeness (QED) is 0.411. The molecule has 0 aliphatic carbocycles. The van der Waals surface area contributed by atoms with Crippen molar-refractivity contribution in [2.45, 2.75) is 20.3 Å². The van der Waals surface area contributed by atoms with Crippen LogP contribution in [0.25, 0.3) is 0 Å². The molecule has 5 nitrogen and oxygen atoms in total. The Morgan fingerprint density at radius 3 is 2.06 bits per heavy atom. The van der Waals surface area contributed by atoms with Crippen LogP contribution in [-0.2, 0) is 32.0 Å². The molecule has 1 fully saturated rings. The monoisotopic (exact) mass is 350 g/mol. The molecule has 0 aromatic rings. The van der Waals surface area contributed by atoms with Crippen LogP contribution in [0.5, 0.6) is 0 Å². The number of rotatable bonds is 5. The predicted molar refractivity (Wildman–Crippen MR) is 64.8 cm³/mol. The molecule has 7 heteroatoms. The van der Waals surface area contributed by atoms with Gasteiger partial charge in [-0.1, -0.05) is 13.8 Å². The zero-order chi connectivity index (χ0) is 12.1. The van der Waals surface area contributed by atoms with Crippen LogP contribution in [0, 0.1) is 5.92 Å². The second-order valence-corrected chi connectivity index (χ2v) is 4.08. The summed E-state index contributed by atoms with van der Waals surface area (Å²) in [6.45, 7) is 6.69. The summed E-state index contributed by atoms with van der Waals surface area (Å²) in [6, 6.07) is 0. The van der Waals surface area contributed by atoms with E-state index in [1.165, 1.54) is 0 Å². The van der Waals surface area contributed by atoms with E-state index in [2.05, 4.69) is 29.4 Å². The van der Waals surface area contributed by atoms with Gasteiger partial charge in [0.15, 0.2) is 5.11 Å². The first-order chi connectivity index (χ1) is 7.58. The minimum atomic E-state index is -0.618. The number of hydrogen-bond acceptors (Lipinski definition) is 4. The van der Waals surface area contributed by atoms with Gasteiger partial charge >= 0.3 is 0 Å². The molecule has 0 aromatic heterocycles. The normalized spacial score (nSPS) is 16.5. The van der Waals surface area contributed by atoms with Crippen LogP contribution in [0.15, 0.2) is 0 Å². The Kier molecular flexibility index (Phi) is 7.82. The van der Waals surface area contributed by atoms with Crippen molar-refractivity contribution < 1.29 is 32.0 Å². The van der Waals surface area contributed by atoms with Gasteiger partial charge < -0.3 is 15.5 Å². The third kappa shape index (κ3) is 4.85. The summed E-state index contributed by atoms with van der Waals surface area (Å²) in [5.74, 6) is -1.20. The van der Waals surface area contributed by atoms with Crippen LogP contribution >= 0.6 is 12.2 Å². The Balaban J connectivity index is 0.00000256. The van der Waals surface area contributed by atoms with Gasteiger partial charge in [-0.3, -0.25) is 9.59 Å². The van der Waals surface area contributed by atoms with Crippen molar-refractivity contribution in [1.82, 2.24) is 15.5 Å². The maximum Gasteiger partial charge on any atom is 0.238 e.